The summed E-state index contributed by atoms with van der Waals surface area (Å²) in [5.74, 6) is 1.35. The molecular weight excluding hydrogens is 366 g/mol. The number of hydrogen-bond acceptors (Lipinski definition) is 4. The van der Waals surface area contributed by atoms with Crippen LogP contribution in [0.25, 0.3) is 0 Å². The normalized spacial score (nSPS) is 21.1. The van der Waals surface area contributed by atoms with E-state index in [0.29, 0.717) is 24.5 Å². The fourth-order valence-corrected chi connectivity index (χ4v) is 4.47. The maximum atomic E-state index is 4.69. The molecule has 0 radical (unpaired) electrons. The van der Waals surface area contributed by atoms with E-state index in [9.17, 15) is 0 Å². The number of aromatic nitrogens is 1. The highest BCUT2D eigenvalue weighted by Crippen LogP contribution is 2.20. The highest BCUT2D eigenvalue weighted by molar-refractivity contribution is 7.09. The Kier molecular flexibility index (Phi) is 7.45. The molecule has 2 unspecified atom stereocenters. The molecule has 28 heavy (non-hydrogen) atoms. The van der Waals surface area contributed by atoms with Gasteiger partial charge in [-0.05, 0) is 25.3 Å². The SMILES string of the molecule is CN=C(NCc1csc(C(C)C)n1)NC1CCN(Cc2ccccc2)C(C)C1. The third-order valence-electron chi connectivity index (χ3n) is 5.31. The third-order valence-corrected chi connectivity index (χ3v) is 6.50. The fourth-order valence-electron chi connectivity index (χ4n) is 3.64. The fraction of sp³-hybridized carbons (Fsp3) is 0.545. The van der Waals surface area contributed by atoms with Crippen LogP contribution in [0.15, 0.2) is 40.7 Å². The molecule has 0 aliphatic carbocycles. The average molecular weight is 400 g/mol. The van der Waals surface area contributed by atoms with Gasteiger partial charge in [0, 0.05) is 43.5 Å². The lowest BCUT2D eigenvalue weighted by atomic mass is 9.97. The van der Waals surface area contributed by atoms with Gasteiger partial charge in [0.1, 0.15) is 0 Å². The first-order valence-corrected chi connectivity index (χ1v) is 11.1. The van der Waals surface area contributed by atoms with Gasteiger partial charge in [0.2, 0.25) is 0 Å². The number of benzene rings is 1. The monoisotopic (exact) mass is 399 g/mol. The summed E-state index contributed by atoms with van der Waals surface area (Å²) in [5.41, 5.74) is 2.48. The number of piperidine rings is 1. The van der Waals surface area contributed by atoms with Crippen molar-refractivity contribution in [2.24, 2.45) is 4.99 Å². The minimum atomic E-state index is 0.454. The zero-order valence-electron chi connectivity index (χ0n) is 17.5. The van der Waals surface area contributed by atoms with Crippen molar-refractivity contribution < 1.29 is 0 Å². The molecule has 6 heteroatoms. The molecule has 1 aromatic heterocycles. The van der Waals surface area contributed by atoms with Crippen LogP contribution < -0.4 is 10.6 Å². The smallest absolute Gasteiger partial charge is 0.191 e. The Morgan fingerprint density at radius 3 is 2.75 bits per heavy atom. The number of aliphatic imine (C=N–C) groups is 1. The lowest BCUT2D eigenvalue weighted by Crippen LogP contribution is -2.51. The van der Waals surface area contributed by atoms with Gasteiger partial charge in [-0.25, -0.2) is 4.98 Å². The van der Waals surface area contributed by atoms with Crippen molar-refractivity contribution in [2.45, 2.75) is 64.7 Å². The van der Waals surface area contributed by atoms with Crippen molar-refractivity contribution in [3.05, 3.63) is 52.0 Å². The molecule has 1 saturated heterocycles. The van der Waals surface area contributed by atoms with Gasteiger partial charge in [-0.2, -0.15) is 0 Å². The van der Waals surface area contributed by atoms with E-state index in [2.05, 4.69) is 77.0 Å². The maximum Gasteiger partial charge on any atom is 0.191 e. The number of hydrogen-bond donors (Lipinski definition) is 2. The molecule has 1 aliphatic heterocycles. The Bertz CT molecular complexity index is 755. The van der Waals surface area contributed by atoms with Gasteiger partial charge in [0.25, 0.3) is 0 Å². The first-order chi connectivity index (χ1) is 13.5. The Labute approximate surface area is 173 Å². The summed E-state index contributed by atoms with van der Waals surface area (Å²) in [6, 6.07) is 11.8. The molecule has 0 spiro atoms. The second-order valence-electron chi connectivity index (χ2n) is 7.93. The molecular formula is C22H33N5S. The Morgan fingerprint density at radius 2 is 2.11 bits per heavy atom. The first kappa shape index (κ1) is 20.8. The number of nitrogens with one attached hydrogen (secondary N) is 2. The molecule has 1 aromatic carbocycles. The van der Waals surface area contributed by atoms with Crippen molar-refractivity contribution in [1.82, 2.24) is 20.5 Å². The van der Waals surface area contributed by atoms with Crippen molar-refractivity contribution in [3.63, 3.8) is 0 Å². The maximum absolute atomic E-state index is 4.69. The van der Waals surface area contributed by atoms with Crippen LogP contribution in [0.1, 0.15) is 55.8 Å². The van der Waals surface area contributed by atoms with Crippen LogP contribution in [-0.4, -0.2) is 41.5 Å². The summed E-state index contributed by atoms with van der Waals surface area (Å²) in [6.07, 6.45) is 2.26. The molecule has 0 saturated carbocycles. The van der Waals surface area contributed by atoms with Crippen LogP contribution in [0.2, 0.25) is 0 Å². The van der Waals surface area contributed by atoms with E-state index in [1.807, 2.05) is 7.05 Å². The van der Waals surface area contributed by atoms with Crippen molar-refractivity contribution in [2.75, 3.05) is 13.6 Å². The molecule has 3 rings (SSSR count). The van der Waals surface area contributed by atoms with Crippen LogP contribution in [0.5, 0.6) is 0 Å². The van der Waals surface area contributed by atoms with E-state index in [4.69, 9.17) is 4.98 Å². The van der Waals surface area contributed by atoms with E-state index >= 15 is 0 Å². The Balaban J connectivity index is 1.46. The van der Waals surface area contributed by atoms with Crippen molar-refractivity contribution in [3.8, 4) is 0 Å². The van der Waals surface area contributed by atoms with Gasteiger partial charge in [-0.3, -0.25) is 9.89 Å². The van der Waals surface area contributed by atoms with Crippen LogP contribution >= 0.6 is 11.3 Å². The predicted molar refractivity (Wildman–Crippen MR) is 119 cm³/mol. The second-order valence-corrected chi connectivity index (χ2v) is 8.82. The summed E-state index contributed by atoms with van der Waals surface area (Å²) in [7, 11) is 1.84. The molecule has 1 fully saturated rings. The lowest BCUT2D eigenvalue weighted by molar-refractivity contribution is 0.134. The summed E-state index contributed by atoms with van der Waals surface area (Å²) in [4.78, 5) is 11.7. The van der Waals surface area contributed by atoms with Crippen LogP contribution in [0, 0.1) is 0 Å². The van der Waals surface area contributed by atoms with Crippen LogP contribution in [-0.2, 0) is 13.1 Å². The highest BCUT2D eigenvalue weighted by Gasteiger charge is 2.26. The summed E-state index contributed by atoms with van der Waals surface area (Å²) >= 11 is 1.74. The molecule has 5 nitrogen and oxygen atoms in total. The number of likely N-dealkylation sites (tertiary alicyclic amines) is 1. The number of nitrogens with zero attached hydrogens (tertiary/aromatic N) is 3. The Hall–Kier alpha value is -1.92. The number of rotatable bonds is 6. The minimum absolute atomic E-state index is 0.454. The van der Waals surface area contributed by atoms with Crippen LogP contribution in [0.4, 0.5) is 0 Å². The predicted octanol–water partition coefficient (Wildman–Crippen LogP) is 3.98. The molecule has 2 aromatic rings. The van der Waals surface area contributed by atoms with E-state index in [1.165, 1.54) is 10.6 Å². The molecule has 1 aliphatic rings. The van der Waals surface area contributed by atoms with Gasteiger partial charge in [-0.15, -0.1) is 11.3 Å². The molecule has 2 heterocycles. The standard InChI is InChI=1S/C22H33N5S/c1-16(2)21-25-20(15-28-21)13-24-22(23-4)26-19-10-11-27(17(3)12-19)14-18-8-6-5-7-9-18/h5-9,15-17,19H,10-14H2,1-4H3,(H2,23,24,26). The third kappa shape index (κ3) is 5.79. The van der Waals surface area contributed by atoms with E-state index in [1.54, 1.807) is 11.3 Å². The average Bonchev–Trinajstić information content (AvgIpc) is 3.17. The van der Waals surface area contributed by atoms with Gasteiger partial charge < -0.3 is 10.6 Å². The Morgan fingerprint density at radius 1 is 1.32 bits per heavy atom. The summed E-state index contributed by atoms with van der Waals surface area (Å²) < 4.78 is 0. The van der Waals surface area contributed by atoms with Gasteiger partial charge >= 0.3 is 0 Å². The van der Waals surface area contributed by atoms with Crippen molar-refractivity contribution >= 4 is 17.3 Å². The topological polar surface area (TPSA) is 52.6 Å². The van der Waals surface area contributed by atoms with E-state index in [0.717, 1.165) is 37.6 Å². The molecule has 2 atom stereocenters. The highest BCUT2D eigenvalue weighted by atomic mass is 32.1. The quantitative estimate of drug-likeness (QED) is 0.570. The summed E-state index contributed by atoms with van der Waals surface area (Å²) in [5, 5.41) is 10.4. The molecule has 152 valence electrons. The van der Waals surface area contributed by atoms with E-state index in [-0.39, 0.29) is 0 Å². The largest absolute Gasteiger partial charge is 0.354 e. The second kappa shape index (κ2) is 10.0. The van der Waals surface area contributed by atoms with Gasteiger partial charge in [0.15, 0.2) is 5.96 Å². The van der Waals surface area contributed by atoms with Gasteiger partial charge in [-0.1, -0.05) is 44.2 Å². The molecule has 0 bridgehead atoms. The molecule has 2 N–H and O–H groups in total. The van der Waals surface area contributed by atoms with Crippen LogP contribution in [0.3, 0.4) is 0 Å². The zero-order chi connectivity index (χ0) is 19.9. The number of guanidine groups is 1. The first-order valence-electron chi connectivity index (χ1n) is 10.2. The minimum Gasteiger partial charge on any atom is -0.354 e. The summed E-state index contributed by atoms with van der Waals surface area (Å²) in [6.45, 7) is 9.54. The lowest BCUT2D eigenvalue weighted by Gasteiger charge is -2.38. The van der Waals surface area contributed by atoms with Crippen molar-refractivity contribution in [1.29, 1.82) is 0 Å². The molecule has 0 amide bonds. The van der Waals surface area contributed by atoms with E-state index < -0.39 is 0 Å². The zero-order valence-corrected chi connectivity index (χ0v) is 18.3. The number of thiazole rings is 1. The van der Waals surface area contributed by atoms with Gasteiger partial charge in [0.05, 0.1) is 17.2 Å².